The van der Waals surface area contributed by atoms with Crippen LogP contribution in [0.25, 0.3) is 0 Å². The number of carbonyl (C=O) groups is 2. The molecule has 7 nitrogen and oxygen atoms in total. The van der Waals surface area contributed by atoms with Gasteiger partial charge in [0.15, 0.2) is 0 Å². The van der Waals surface area contributed by atoms with Gasteiger partial charge in [0.2, 0.25) is 21.8 Å². The topological polar surface area (TPSA) is 86.8 Å². The van der Waals surface area contributed by atoms with Gasteiger partial charge in [0.25, 0.3) is 0 Å². The van der Waals surface area contributed by atoms with E-state index >= 15 is 0 Å². The Bertz CT molecular complexity index is 1260. The third kappa shape index (κ3) is 8.67. The van der Waals surface area contributed by atoms with Crippen molar-refractivity contribution >= 4 is 27.5 Å². The van der Waals surface area contributed by atoms with E-state index in [0.717, 1.165) is 54.4 Å². The van der Waals surface area contributed by atoms with Gasteiger partial charge in [-0.15, -0.1) is 0 Å². The Morgan fingerprint density at radius 3 is 2.30 bits per heavy atom. The fraction of sp³-hybridized carbons (Fsp3) is 0.500. The second-order valence-electron chi connectivity index (χ2n) is 10.0. The normalized spacial score (nSPS) is 15.1. The molecule has 40 heavy (non-hydrogen) atoms. The molecular weight excluding hydrogens is 550 g/mol. The molecule has 3 rings (SSSR count). The van der Waals surface area contributed by atoms with Gasteiger partial charge in [0.05, 0.1) is 17.5 Å². The van der Waals surface area contributed by atoms with Crippen molar-refractivity contribution in [1.29, 1.82) is 0 Å². The molecule has 1 N–H and O–H groups in total. The van der Waals surface area contributed by atoms with Crippen LogP contribution in [0.2, 0.25) is 0 Å². The van der Waals surface area contributed by atoms with Crippen LogP contribution in [0.1, 0.15) is 63.0 Å². The summed E-state index contributed by atoms with van der Waals surface area (Å²) in [6, 6.07) is 8.81. The molecule has 0 aromatic heterocycles. The molecule has 0 aliphatic heterocycles. The van der Waals surface area contributed by atoms with Gasteiger partial charge in [-0.3, -0.25) is 13.9 Å². The van der Waals surface area contributed by atoms with Gasteiger partial charge in [-0.1, -0.05) is 38.0 Å². The average molecular weight is 586 g/mol. The first-order valence-corrected chi connectivity index (χ1v) is 15.1. The molecule has 1 fully saturated rings. The molecule has 1 saturated carbocycles. The lowest BCUT2D eigenvalue weighted by Gasteiger charge is -2.32. The SMILES string of the molecule is CC[C@@H](C(=O)NC1CCCC1)N(Cc1ccc(F)cc1)C(=O)CCCN(c1cccc(C(F)(F)F)c1)S(C)(=O)=O. The van der Waals surface area contributed by atoms with Crippen molar-refractivity contribution < 1.29 is 35.6 Å². The zero-order valence-corrected chi connectivity index (χ0v) is 23.4. The van der Waals surface area contributed by atoms with Crippen LogP contribution in [-0.4, -0.2) is 50.0 Å². The quantitative estimate of drug-likeness (QED) is 0.345. The van der Waals surface area contributed by atoms with Crippen LogP contribution in [-0.2, 0) is 32.3 Å². The zero-order chi connectivity index (χ0) is 29.5. The molecule has 0 radical (unpaired) electrons. The number of nitrogens with one attached hydrogen (secondary N) is 1. The average Bonchev–Trinajstić information content (AvgIpc) is 3.39. The highest BCUT2D eigenvalue weighted by atomic mass is 32.2. The maximum atomic E-state index is 13.5. The van der Waals surface area contributed by atoms with Crippen molar-refractivity contribution in [3.63, 3.8) is 0 Å². The Hall–Kier alpha value is -3.15. The van der Waals surface area contributed by atoms with Crippen molar-refractivity contribution in [2.45, 2.75) is 76.7 Å². The fourth-order valence-corrected chi connectivity index (χ4v) is 5.87. The number of nitrogens with zero attached hydrogens (tertiary/aromatic N) is 2. The van der Waals surface area contributed by atoms with Gasteiger partial charge < -0.3 is 10.2 Å². The molecule has 2 aromatic rings. The van der Waals surface area contributed by atoms with Crippen molar-refractivity contribution in [2.75, 3.05) is 17.1 Å². The Balaban J connectivity index is 1.77. The third-order valence-corrected chi connectivity index (χ3v) is 8.16. The largest absolute Gasteiger partial charge is 0.416 e. The fourth-order valence-electron chi connectivity index (χ4n) is 4.91. The van der Waals surface area contributed by atoms with Gasteiger partial charge in [-0.2, -0.15) is 13.2 Å². The number of carbonyl (C=O) groups excluding carboxylic acids is 2. The molecule has 0 unspecified atom stereocenters. The zero-order valence-electron chi connectivity index (χ0n) is 22.6. The minimum atomic E-state index is -4.65. The van der Waals surface area contributed by atoms with Gasteiger partial charge in [0, 0.05) is 25.6 Å². The number of rotatable bonds is 12. The van der Waals surface area contributed by atoms with E-state index < -0.39 is 39.5 Å². The Labute approximate surface area is 232 Å². The van der Waals surface area contributed by atoms with Gasteiger partial charge >= 0.3 is 6.18 Å². The molecular formula is C28H35F4N3O4S. The summed E-state index contributed by atoms with van der Waals surface area (Å²) >= 11 is 0. The number of anilines is 1. The van der Waals surface area contributed by atoms with Crippen molar-refractivity contribution in [1.82, 2.24) is 10.2 Å². The summed E-state index contributed by atoms with van der Waals surface area (Å²) < 4.78 is 78.8. The van der Waals surface area contributed by atoms with Crippen LogP contribution in [0.15, 0.2) is 48.5 Å². The Kier molecular flexibility index (Phi) is 10.6. The summed E-state index contributed by atoms with van der Waals surface area (Å²) in [6.45, 7) is 1.59. The van der Waals surface area contributed by atoms with Crippen molar-refractivity contribution in [3.05, 3.63) is 65.5 Å². The van der Waals surface area contributed by atoms with Crippen LogP contribution in [0.5, 0.6) is 0 Å². The van der Waals surface area contributed by atoms with Crippen molar-refractivity contribution in [3.8, 4) is 0 Å². The molecule has 0 spiro atoms. The van der Waals surface area contributed by atoms with Crippen LogP contribution in [0, 0.1) is 5.82 Å². The highest BCUT2D eigenvalue weighted by Crippen LogP contribution is 2.32. The summed E-state index contributed by atoms with van der Waals surface area (Å²) in [4.78, 5) is 28.1. The molecule has 0 heterocycles. The van der Waals surface area contributed by atoms with Crippen LogP contribution in [0.3, 0.4) is 0 Å². The number of hydrogen-bond donors (Lipinski definition) is 1. The molecule has 1 atom stereocenters. The van der Waals surface area contributed by atoms with Crippen molar-refractivity contribution in [2.24, 2.45) is 0 Å². The molecule has 1 aliphatic carbocycles. The number of sulfonamides is 1. The van der Waals surface area contributed by atoms with E-state index in [0.29, 0.717) is 12.0 Å². The number of benzene rings is 2. The van der Waals surface area contributed by atoms with Gasteiger partial charge in [0.1, 0.15) is 11.9 Å². The highest BCUT2D eigenvalue weighted by Gasteiger charge is 2.33. The Morgan fingerprint density at radius 2 is 1.73 bits per heavy atom. The van der Waals surface area contributed by atoms with Crippen LogP contribution >= 0.6 is 0 Å². The predicted octanol–water partition coefficient (Wildman–Crippen LogP) is 5.26. The maximum Gasteiger partial charge on any atom is 0.416 e. The predicted molar refractivity (Wildman–Crippen MR) is 144 cm³/mol. The lowest BCUT2D eigenvalue weighted by atomic mass is 10.1. The second-order valence-corrected chi connectivity index (χ2v) is 12.0. The minimum Gasteiger partial charge on any atom is -0.352 e. The summed E-state index contributed by atoms with van der Waals surface area (Å²) in [5.41, 5.74) is -0.529. The second kappa shape index (κ2) is 13.5. The molecule has 0 bridgehead atoms. The summed E-state index contributed by atoms with van der Waals surface area (Å²) in [5, 5.41) is 3.02. The lowest BCUT2D eigenvalue weighted by Crippen LogP contribution is -2.51. The maximum absolute atomic E-state index is 13.5. The van der Waals surface area contributed by atoms with Gasteiger partial charge in [-0.05, 0) is 61.6 Å². The van der Waals surface area contributed by atoms with Gasteiger partial charge in [-0.25, -0.2) is 12.8 Å². The van der Waals surface area contributed by atoms with E-state index in [9.17, 15) is 35.6 Å². The van der Waals surface area contributed by atoms with E-state index in [-0.39, 0.29) is 43.6 Å². The molecule has 12 heteroatoms. The minimum absolute atomic E-state index is 0.00272. The monoisotopic (exact) mass is 585 g/mol. The standard InChI is InChI=1S/C28H35F4N3O4S/c1-3-25(27(37)33-23-9-4-5-10-23)34(19-20-13-15-22(29)16-14-20)26(36)12-7-17-35(40(2,38)39)24-11-6-8-21(18-24)28(30,31)32/h6,8,11,13-16,18,23,25H,3-5,7,9-10,12,17,19H2,1-2H3,(H,33,37)/t25-/m0/s1. The van der Waals surface area contributed by atoms with E-state index in [2.05, 4.69) is 5.32 Å². The smallest absolute Gasteiger partial charge is 0.352 e. The first-order valence-electron chi connectivity index (χ1n) is 13.3. The summed E-state index contributed by atoms with van der Waals surface area (Å²) in [7, 11) is -3.96. The molecule has 1 aliphatic rings. The number of hydrogen-bond acceptors (Lipinski definition) is 4. The van der Waals surface area contributed by atoms with E-state index in [1.165, 1.54) is 35.2 Å². The molecule has 0 saturated heterocycles. The number of halogens is 4. The van der Waals surface area contributed by atoms with Crippen LogP contribution in [0.4, 0.5) is 23.2 Å². The summed E-state index contributed by atoms with van der Waals surface area (Å²) in [6.07, 6.45) is 0.176. The first-order chi connectivity index (χ1) is 18.8. The molecule has 220 valence electrons. The summed E-state index contributed by atoms with van der Waals surface area (Å²) in [5.74, 6) is -1.15. The number of amides is 2. The van der Waals surface area contributed by atoms with E-state index in [1.807, 2.05) is 0 Å². The lowest BCUT2D eigenvalue weighted by molar-refractivity contribution is -0.141. The number of alkyl halides is 3. The third-order valence-electron chi connectivity index (χ3n) is 6.97. The van der Waals surface area contributed by atoms with E-state index in [1.54, 1.807) is 6.92 Å². The van der Waals surface area contributed by atoms with Crippen LogP contribution < -0.4 is 9.62 Å². The first kappa shape index (κ1) is 31.4. The highest BCUT2D eigenvalue weighted by molar-refractivity contribution is 7.92. The Morgan fingerprint density at radius 1 is 1.07 bits per heavy atom. The molecule has 2 amide bonds. The molecule has 2 aromatic carbocycles. The van der Waals surface area contributed by atoms with E-state index in [4.69, 9.17) is 0 Å².